The summed E-state index contributed by atoms with van der Waals surface area (Å²) in [6.07, 6.45) is 5.83. The molecule has 0 amide bonds. The number of ether oxygens (including phenoxy) is 1. The summed E-state index contributed by atoms with van der Waals surface area (Å²) >= 11 is 0. The second-order valence-electron chi connectivity index (χ2n) is 6.05. The first-order valence-corrected chi connectivity index (χ1v) is 7.93. The fourth-order valence-corrected chi connectivity index (χ4v) is 3.21. The van der Waals surface area contributed by atoms with Crippen LogP contribution in [0.1, 0.15) is 21.5 Å². The minimum atomic E-state index is -0.965. The van der Waals surface area contributed by atoms with Crippen LogP contribution in [0.4, 0.5) is 5.69 Å². The third-order valence-electron chi connectivity index (χ3n) is 4.33. The van der Waals surface area contributed by atoms with Crippen molar-refractivity contribution in [2.45, 2.75) is 6.04 Å². The molecule has 5 nitrogen and oxygen atoms in total. The van der Waals surface area contributed by atoms with E-state index in [0.717, 1.165) is 16.7 Å². The van der Waals surface area contributed by atoms with Crippen molar-refractivity contribution in [3.63, 3.8) is 0 Å². The Morgan fingerprint density at radius 3 is 2.76 bits per heavy atom. The van der Waals surface area contributed by atoms with Gasteiger partial charge in [0.2, 0.25) is 0 Å². The van der Waals surface area contributed by atoms with Crippen LogP contribution in [0.3, 0.4) is 0 Å². The van der Waals surface area contributed by atoms with E-state index >= 15 is 0 Å². The van der Waals surface area contributed by atoms with E-state index in [1.165, 1.54) is 0 Å². The highest BCUT2D eigenvalue weighted by atomic mass is 16.5. The van der Waals surface area contributed by atoms with Crippen molar-refractivity contribution < 1.29 is 20.4 Å². The van der Waals surface area contributed by atoms with Gasteiger partial charge in [0.1, 0.15) is 17.6 Å². The lowest BCUT2D eigenvalue weighted by Crippen LogP contribution is -2.59. The zero-order valence-corrected chi connectivity index (χ0v) is 13.4. The van der Waals surface area contributed by atoms with Crippen LogP contribution < -0.4 is 16.2 Å². The van der Waals surface area contributed by atoms with Crippen LogP contribution in [0.5, 0.6) is 5.75 Å². The molecule has 1 atom stereocenters. The number of aromatic carboxylic acids is 1. The molecule has 0 spiro atoms. The maximum Gasteiger partial charge on any atom is 0.336 e. The maximum atomic E-state index is 11.7. The van der Waals surface area contributed by atoms with Crippen LogP contribution in [0.15, 0.2) is 72.0 Å². The fraction of sp³-hybridized carbons (Fsp3) is 0.0500. The molecule has 1 unspecified atom stereocenters. The molecule has 0 aromatic heterocycles. The van der Waals surface area contributed by atoms with Gasteiger partial charge in [-0.2, -0.15) is 0 Å². The SMILES string of the molecule is Nc1ccc2c(c1)OC1=CC([NH3+])C=CC1=C2c1ccccc1C(=O)O. The van der Waals surface area contributed by atoms with Crippen molar-refractivity contribution >= 4 is 17.2 Å². The summed E-state index contributed by atoms with van der Waals surface area (Å²) in [4.78, 5) is 11.7. The molecule has 0 bridgehead atoms. The summed E-state index contributed by atoms with van der Waals surface area (Å²) in [6.45, 7) is 0. The zero-order valence-electron chi connectivity index (χ0n) is 13.4. The van der Waals surface area contributed by atoms with Crippen molar-refractivity contribution in [1.82, 2.24) is 0 Å². The molecule has 0 fully saturated rings. The average molecular weight is 333 g/mol. The quantitative estimate of drug-likeness (QED) is 0.734. The van der Waals surface area contributed by atoms with Crippen molar-refractivity contribution in [2.75, 3.05) is 5.73 Å². The lowest BCUT2D eigenvalue weighted by atomic mass is 9.85. The Bertz CT molecular complexity index is 986. The Kier molecular flexibility index (Phi) is 3.44. The van der Waals surface area contributed by atoms with E-state index in [2.05, 4.69) is 5.73 Å². The molecule has 6 N–H and O–H groups in total. The Morgan fingerprint density at radius 2 is 1.96 bits per heavy atom. The molecule has 0 radical (unpaired) electrons. The molecule has 2 aliphatic rings. The van der Waals surface area contributed by atoms with E-state index in [1.807, 2.05) is 36.4 Å². The maximum absolute atomic E-state index is 11.7. The molecule has 2 aromatic carbocycles. The fourth-order valence-electron chi connectivity index (χ4n) is 3.21. The minimum Gasteiger partial charge on any atom is -0.478 e. The number of quaternary nitrogens is 1. The van der Waals surface area contributed by atoms with Crippen molar-refractivity contribution in [3.8, 4) is 5.75 Å². The molecular formula is C20H17N2O3+. The van der Waals surface area contributed by atoms with Crippen molar-refractivity contribution in [3.05, 3.63) is 88.7 Å². The molecule has 5 heteroatoms. The van der Waals surface area contributed by atoms with E-state index in [4.69, 9.17) is 10.5 Å². The van der Waals surface area contributed by atoms with Gasteiger partial charge in [0, 0.05) is 34.5 Å². The number of rotatable bonds is 2. The van der Waals surface area contributed by atoms with Gasteiger partial charge in [0.15, 0.2) is 0 Å². The van der Waals surface area contributed by atoms with Gasteiger partial charge < -0.3 is 21.3 Å². The number of anilines is 1. The van der Waals surface area contributed by atoms with E-state index < -0.39 is 5.97 Å². The average Bonchev–Trinajstić information content (AvgIpc) is 2.59. The molecule has 4 rings (SSSR count). The van der Waals surface area contributed by atoms with Crippen LogP contribution in [-0.2, 0) is 0 Å². The first kappa shape index (κ1) is 15.2. The largest absolute Gasteiger partial charge is 0.478 e. The number of carboxylic acids is 1. The van der Waals surface area contributed by atoms with Gasteiger partial charge in [-0.1, -0.05) is 18.2 Å². The molecule has 1 aliphatic heterocycles. The molecule has 2 aromatic rings. The molecular weight excluding hydrogens is 316 g/mol. The lowest BCUT2D eigenvalue weighted by Gasteiger charge is -2.27. The van der Waals surface area contributed by atoms with Gasteiger partial charge in [-0.3, -0.25) is 0 Å². The van der Waals surface area contributed by atoms with E-state index in [-0.39, 0.29) is 11.6 Å². The summed E-state index contributed by atoms with van der Waals surface area (Å²) < 4.78 is 6.02. The Balaban J connectivity index is 2.06. The Labute approximate surface area is 144 Å². The van der Waals surface area contributed by atoms with Crippen LogP contribution in [-0.4, -0.2) is 17.1 Å². The second-order valence-corrected chi connectivity index (χ2v) is 6.05. The van der Waals surface area contributed by atoms with Gasteiger partial charge in [0.25, 0.3) is 0 Å². The van der Waals surface area contributed by atoms with Crippen LogP contribution >= 0.6 is 0 Å². The third kappa shape index (κ3) is 2.51. The normalized spacial score (nSPS) is 18.1. The van der Waals surface area contributed by atoms with Gasteiger partial charge >= 0.3 is 5.97 Å². The number of benzene rings is 2. The predicted octanol–water partition coefficient (Wildman–Crippen LogP) is 2.23. The van der Waals surface area contributed by atoms with Gasteiger partial charge in [-0.05, 0) is 35.9 Å². The van der Waals surface area contributed by atoms with Gasteiger partial charge in [-0.15, -0.1) is 0 Å². The first-order valence-electron chi connectivity index (χ1n) is 7.93. The molecule has 124 valence electrons. The van der Waals surface area contributed by atoms with Gasteiger partial charge in [0.05, 0.1) is 5.56 Å². The number of nitrogens with two attached hydrogens (primary N) is 1. The molecule has 1 aliphatic carbocycles. The Hall–Kier alpha value is -3.31. The first-order chi connectivity index (χ1) is 12.0. The standard InChI is InChI=1S/C20H16N2O3/c21-11-5-7-15-17(9-11)25-18-10-12(22)6-8-16(18)19(15)13-3-1-2-4-14(13)20(23)24/h1-11H,21-22H2,(H,23,24)/p+1. The summed E-state index contributed by atoms with van der Waals surface area (Å²) in [5.74, 6) is 0.330. The summed E-state index contributed by atoms with van der Waals surface area (Å²) in [7, 11) is 0. The monoisotopic (exact) mass is 333 g/mol. The van der Waals surface area contributed by atoms with Crippen molar-refractivity contribution in [1.29, 1.82) is 0 Å². The summed E-state index contributed by atoms with van der Waals surface area (Å²) in [5.41, 5.74) is 13.9. The predicted molar refractivity (Wildman–Crippen MR) is 94.8 cm³/mol. The molecule has 25 heavy (non-hydrogen) atoms. The van der Waals surface area contributed by atoms with Crippen LogP contribution in [0.2, 0.25) is 0 Å². The second kappa shape index (κ2) is 5.65. The smallest absolute Gasteiger partial charge is 0.336 e. The molecule has 0 saturated carbocycles. The lowest BCUT2D eigenvalue weighted by molar-refractivity contribution is -0.387. The van der Waals surface area contributed by atoms with Crippen LogP contribution in [0.25, 0.3) is 5.57 Å². The van der Waals surface area contributed by atoms with Gasteiger partial charge in [-0.25, -0.2) is 4.79 Å². The van der Waals surface area contributed by atoms with Crippen molar-refractivity contribution in [2.24, 2.45) is 0 Å². The number of nitrogen functional groups attached to an aromatic ring is 1. The van der Waals surface area contributed by atoms with E-state index in [9.17, 15) is 9.90 Å². The number of carboxylic acid groups (broad SMARTS) is 1. The number of hydrogen-bond acceptors (Lipinski definition) is 3. The molecule has 0 saturated heterocycles. The highest BCUT2D eigenvalue weighted by Gasteiger charge is 2.29. The Morgan fingerprint density at radius 1 is 1.16 bits per heavy atom. The number of fused-ring (bicyclic) bond motifs is 2. The third-order valence-corrected chi connectivity index (χ3v) is 4.33. The topological polar surface area (TPSA) is 100 Å². The van der Waals surface area contributed by atoms with Crippen LogP contribution in [0, 0.1) is 0 Å². The number of hydrogen-bond donors (Lipinski definition) is 3. The number of carbonyl (C=O) groups is 1. The summed E-state index contributed by atoms with van der Waals surface area (Å²) in [5, 5.41) is 9.61. The zero-order chi connectivity index (χ0) is 17.6. The van der Waals surface area contributed by atoms with E-state index in [0.29, 0.717) is 22.8 Å². The minimum absolute atomic E-state index is 0.00248. The highest BCUT2D eigenvalue weighted by Crippen LogP contribution is 2.44. The van der Waals surface area contributed by atoms with E-state index in [1.54, 1.807) is 24.3 Å². The highest BCUT2D eigenvalue weighted by molar-refractivity contribution is 6.00. The number of allylic oxidation sites excluding steroid dienone is 1. The summed E-state index contributed by atoms with van der Waals surface area (Å²) in [6, 6.07) is 12.4. The molecule has 1 heterocycles.